The monoisotopic (exact) mass is 648 g/mol. The minimum absolute atomic E-state index is 0.0862. The van der Waals surface area contributed by atoms with Gasteiger partial charge in [0.25, 0.3) is 0 Å². The zero-order chi connectivity index (χ0) is 31.7. The fourth-order valence-corrected chi connectivity index (χ4v) is 6.77. The van der Waals surface area contributed by atoms with Crippen molar-refractivity contribution in [1.29, 1.82) is 0 Å². The van der Waals surface area contributed by atoms with Gasteiger partial charge in [-0.15, -0.1) is 0 Å². The Morgan fingerprint density at radius 3 is 2.74 bits per heavy atom. The number of fused-ring (bicyclic) bond motifs is 2. The first-order chi connectivity index (χ1) is 20.1. The van der Waals surface area contributed by atoms with Crippen LogP contribution < -0.4 is 16.2 Å². The number of alkyl halides is 1. The summed E-state index contributed by atoms with van der Waals surface area (Å²) >= 11 is 0.901. The number of phosphoric acid groups is 1. The molecule has 0 unspecified atom stereocenters. The number of nitrogen functional groups attached to an aromatic ring is 1. The number of carbonyl (C=O) groups excluding carboxylic acids is 2. The number of aromatic nitrogens is 4. The number of nitrogens with two attached hydrogens (primary N) is 2. The summed E-state index contributed by atoms with van der Waals surface area (Å²) in [5, 5.41) is -0.279. The van der Waals surface area contributed by atoms with Gasteiger partial charge in [-0.3, -0.25) is 27.7 Å². The Labute approximate surface area is 252 Å². The van der Waals surface area contributed by atoms with Crippen LogP contribution in [0.15, 0.2) is 6.33 Å². The number of hydrogen-bond acceptors (Lipinski definition) is 15. The number of ether oxygens (including phenoxy) is 3. The molecule has 2 saturated heterocycles. The third-order valence-electron chi connectivity index (χ3n) is 6.94. The molecule has 0 amide bonds. The van der Waals surface area contributed by atoms with Crippen LogP contribution in [-0.4, -0.2) is 86.7 Å². The van der Waals surface area contributed by atoms with Gasteiger partial charge in [0, 0.05) is 5.75 Å². The second-order valence-corrected chi connectivity index (χ2v) is 14.0. The summed E-state index contributed by atoms with van der Waals surface area (Å²) in [6, 6.07) is -0.786. The lowest BCUT2D eigenvalue weighted by Gasteiger charge is -2.33. The molecule has 43 heavy (non-hydrogen) atoms. The molecule has 4 heterocycles. The van der Waals surface area contributed by atoms with E-state index in [0.29, 0.717) is 6.61 Å². The Balaban J connectivity index is 1.34. The molecule has 18 heteroatoms. The summed E-state index contributed by atoms with van der Waals surface area (Å²) in [4.78, 5) is 37.2. The first kappa shape index (κ1) is 33.5. The highest BCUT2D eigenvalue weighted by Crippen LogP contribution is 2.59. The Kier molecular flexibility index (Phi) is 10.1. The molecule has 2 aromatic rings. The number of rotatable bonds is 12. The topological polar surface area (TPSA) is 202 Å². The molecule has 6 atom stereocenters. The van der Waals surface area contributed by atoms with E-state index in [0.717, 1.165) is 11.8 Å². The van der Waals surface area contributed by atoms with Gasteiger partial charge in [0.1, 0.15) is 24.9 Å². The van der Waals surface area contributed by atoms with E-state index in [4.69, 9.17) is 39.2 Å². The van der Waals surface area contributed by atoms with Crippen LogP contribution in [0, 0.1) is 11.3 Å². The molecule has 4 rings (SSSR count). The fraction of sp³-hybridized carbons (Fsp3) is 0.720. The lowest BCUT2D eigenvalue weighted by Crippen LogP contribution is -2.44. The van der Waals surface area contributed by atoms with Gasteiger partial charge in [0.2, 0.25) is 11.8 Å². The van der Waals surface area contributed by atoms with Gasteiger partial charge in [-0.05, 0) is 33.6 Å². The average Bonchev–Trinajstić information content (AvgIpc) is 3.46. The molecule has 240 valence electrons. The molecule has 15 nitrogen and oxygen atoms in total. The molecule has 4 N–H and O–H groups in total. The zero-order valence-electron chi connectivity index (χ0n) is 24.9. The third-order valence-corrected chi connectivity index (χ3v) is 9.58. The molecular weight excluding hydrogens is 610 g/mol. The summed E-state index contributed by atoms with van der Waals surface area (Å²) < 4.78 is 63.8. The Morgan fingerprint density at radius 2 is 2.07 bits per heavy atom. The van der Waals surface area contributed by atoms with Crippen LogP contribution in [0.1, 0.15) is 47.8 Å². The molecule has 0 aromatic carbocycles. The SMILES string of the molecule is CCOc1nc(N)nc2c1ncn2[C@@H]1O[C@@H]2CO[P@@](=O)(OCCSC(=O)C(C)(C)COC(=O)[C@@H](N)C(C)C)O[C@H]2[C@@]1(C)F. The Morgan fingerprint density at radius 1 is 1.35 bits per heavy atom. The number of hydrogen-bond donors (Lipinski definition) is 2. The highest BCUT2D eigenvalue weighted by atomic mass is 32.2. The van der Waals surface area contributed by atoms with Crippen molar-refractivity contribution in [3.05, 3.63) is 6.33 Å². The number of nitrogens with zero attached hydrogens (tertiary/aromatic N) is 4. The quantitative estimate of drug-likeness (QED) is 0.193. The summed E-state index contributed by atoms with van der Waals surface area (Å²) in [7, 11) is -4.20. The molecule has 2 aliphatic rings. The minimum atomic E-state index is -4.20. The van der Waals surface area contributed by atoms with Crippen LogP contribution in [0.5, 0.6) is 5.88 Å². The highest BCUT2D eigenvalue weighted by molar-refractivity contribution is 8.13. The molecular formula is C25H38FN6O9PS. The van der Waals surface area contributed by atoms with Gasteiger partial charge < -0.3 is 25.7 Å². The van der Waals surface area contributed by atoms with Gasteiger partial charge in [0.15, 0.2) is 28.2 Å². The predicted molar refractivity (Wildman–Crippen MR) is 154 cm³/mol. The Bertz CT molecular complexity index is 1390. The van der Waals surface area contributed by atoms with Crippen LogP contribution in [0.2, 0.25) is 0 Å². The number of esters is 1. The van der Waals surface area contributed by atoms with E-state index in [9.17, 15) is 14.2 Å². The van der Waals surface area contributed by atoms with Crippen LogP contribution in [0.25, 0.3) is 11.2 Å². The van der Waals surface area contributed by atoms with Gasteiger partial charge in [-0.2, -0.15) is 9.97 Å². The van der Waals surface area contributed by atoms with Gasteiger partial charge >= 0.3 is 13.8 Å². The van der Waals surface area contributed by atoms with E-state index in [1.54, 1.807) is 34.6 Å². The summed E-state index contributed by atoms with van der Waals surface area (Å²) in [5.74, 6) is -0.553. The van der Waals surface area contributed by atoms with E-state index in [1.807, 2.05) is 0 Å². The van der Waals surface area contributed by atoms with Crippen LogP contribution >= 0.6 is 19.6 Å². The van der Waals surface area contributed by atoms with Crippen molar-refractivity contribution < 1.29 is 46.3 Å². The van der Waals surface area contributed by atoms with Crippen molar-refractivity contribution in [3.8, 4) is 5.88 Å². The van der Waals surface area contributed by atoms with E-state index >= 15 is 4.39 Å². The fourth-order valence-electron chi connectivity index (χ4n) is 4.38. The number of anilines is 1. The van der Waals surface area contributed by atoms with Crippen molar-refractivity contribution in [1.82, 2.24) is 19.5 Å². The van der Waals surface area contributed by atoms with Gasteiger partial charge in [-0.25, -0.2) is 13.9 Å². The maximum atomic E-state index is 16.3. The smallest absolute Gasteiger partial charge is 0.475 e. The lowest BCUT2D eigenvalue weighted by atomic mass is 9.97. The van der Waals surface area contributed by atoms with Crippen LogP contribution in [0.4, 0.5) is 10.3 Å². The average molecular weight is 649 g/mol. The van der Waals surface area contributed by atoms with E-state index in [-0.39, 0.29) is 59.6 Å². The lowest BCUT2D eigenvalue weighted by molar-refractivity contribution is -0.150. The molecule has 0 aliphatic carbocycles. The first-order valence-corrected chi connectivity index (χ1v) is 16.2. The molecule has 0 spiro atoms. The largest absolute Gasteiger partial charge is 0.476 e. The standard InChI is InChI=1S/C25H38FN6O9PS/c1-7-36-19-16-18(30-23(28)31-19)32(12-29-16)21-25(6,26)17-14(40-21)10-39-42(35,41-17)38-8-9-43-22(34)24(4,5)11-37-20(33)15(27)13(2)3/h12-15,17,21H,7-11,27H2,1-6H3,(H2,28,30,31)/t14-,15+,17-,21-,25-,42-/m1/s1. The van der Waals surface area contributed by atoms with Crippen molar-refractivity contribution in [2.75, 3.05) is 37.9 Å². The zero-order valence-corrected chi connectivity index (χ0v) is 26.6. The predicted octanol–water partition coefficient (Wildman–Crippen LogP) is 2.79. The van der Waals surface area contributed by atoms with Crippen molar-refractivity contribution in [2.45, 2.75) is 71.7 Å². The molecule has 2 fully saturated rings. The summed E-state index contributed by atoms with van der Waals surface area (Å²) in [5.41, 5.74) is 8.84. The van der Waals surface area contributed by atoms with E-state index in [2.05, 4.69) is 15.0 Å². The van der Waals surface area contributed by atoms with Crippen molar-refractivity contribution in [2.24, 2.45) is 17.1 Å². The number of halogens is 1. The highest BCUT2D eigenvalue weighted by Gasteiger charge is 2.61. The number of imidazole rings is 1. The normalized spacial score (nSPS) is 28.2. The van der Waals surface area contributed by atoms with Gasteiger partial charge in [-0.1, -0.05) is 25.6 Å². The summed E-state index contributed by atoms with van der Waals surface area (Å²) in [6.07, 6.45) is -2.20. The molecule has 2 aromatic heterocycles. The molecule has 2 aliphatic heterocycles. The molecule has 0 radical (unpaired) electrons. The maximum absolute atomic E-state index is 16.3. The minimum Gasteiger partial charge on any atom is -0.476 e. The summed E-state index contributed by atoms with van der Waals surface area (Å²) in [6.45, 7) is 9.55. The number of thioether (sulfide) groups is 1. The van der Waals surface area contributed by atoms with Crippen molar-refractivity contribution >= 4 is 47.8 Å². The number of phosphoric ester groups is 1. The van der Waals surface area contributed by atoms with Crippen LogP contribution in [0.3, 0.4) is 0 Å². The van der Waals surface area contributed by atoms with E-state index < -0.39 is 49.4 Å². The van der Waals surface area contributed by atoms with Crippen LogP contribution in [-0.2, 0) is 37.2 Å². The molecule has 0 saturated carbocycles. The third kappa shape index (κ3) is 7.13. The maximum Gasteiger partial charge on any atom is 0.475 e. The second kappa shape index (κ2) is 12.9. The first-order valence-electron chi connectivity index (χ1n) is 13.7. The Hall–Kier alpha value is -2.40. The molecule has 0 bridgehead atoms. The van der Waals surface area contributed by atoms with Gasteiger partial charge in [0.05, 0.1) is 31.6 Å². The van der Waals surface area contributed by atoms with Crippen molar-refractivity contribution in [3.63, 3.8) is 0 Å². The number of carbonyl (C=O) groups is 2. The second-order valence-electron chi connectivity index (χ2n) is 11.3. The van der Waals surface area contributed by atoms with E-state index in [1.165, 1.54) is 17.8 Å².